The van der Waals surface area contributed by atoms with Crippen LogP contribution in [0, 0.1) is 6.92 Å². The molecular formula is C18H27N3O4. The molecule has 1 amide bonds. The van der Waals surface area contributed by atoms with Crippen molar-refractivity contribution in [1.29, 1.82) is 0 Å². The second-order valence-corrected chi connectivity index (χ2v) is 7.54. The summed E-state index contributed by atoms with van der Waals surface area (Å²) < 4.78 is 0. The average molecular weight is 349 g/mol. The highest BCUT2D eigenvalue weighted by Gasteiger charge is 2.54. The van der Waals surface area contributed by atoms with E-state index in [1.54, 1.807) is 18.0 Å². The predicted molar refractivity (Wildman–Crippen MR) is 92.6 cm³/mol. The Morgan fingerprint density at radius 2 is 2.08 bits per heavy atom. The fourth-order valence-corrected chi connectivity index (χ4v) is 4.40. The predicted octanol–water partition coefficient (Wildman–Crippen LogP) is 1.06. The number of hydrogen-bond donors (Lipinski definition) is 4. The van der Waals surface area contributed by atoms with Crippen LogP contribution in [0.25, 0.3) is 0 Å². The van der Waals surface area contributed by atoms with Crippen LogP contribution in [0.3, 0.4) is 0 Å². The summed E-state index contributed by atoms with van der Waals surface area (Å²) >= 11 is 0. The quantitative estimate of drug-likeness (QED) is 0.650. The molecule has 0 bridgehead atoms. The lowest BCUT2D eigenvalue weighted by atomic mass is 9.73. The van der Waals surface area contributed by atoms with Gasteiger partial charge in [0.2, 0.25) is 5.91 Å². The number of β-amino-alcohol motifs (C(OH)–C–C–N with tert-alkyl or cyclic N) is 1. The number of aryl methyl sites for hydroxylation is 1. The number of rotatable bonds is 4. The smallest absolute Gasteiger partial charge is 0.337 e. The maximum atomic E-state index is 13.0. The molecule has 7 nitrogen and oxygen atoms in total. The Morgan fingerprint density at radius 3 is 2.72 bits per heavy atom. The summed E-state index contributed by atoms with van der Waals surface area (Å²) in [5.41, 5.74) is -0.343. The number of nitrogens with zero attached hydrogens (tertiary/aromatic N) is 1. The molecule has 4 N–H and O–H groups in total. The van der Waals surface area contributed by atoms with E-state index in [2.05, 4.69) is 10.3 Å². The number of aromatic carboxylic acids is 1. The van der Waals surface area contributed by atoms with Crippen LogP contribution in [0.5, 0.6) is 0 Å². The van der Waals surface area contributed by atoms with Gasteiger partial charge in [-0.25, -0.2) is 4.79 Å². The van der Waals surface area contributed by atoms with Gasteiger partial charge in [-0.1, -0.05) is 0 Å². The van der Waals surface area contributed by atoms with Gasteiger partial charge in [0.1, 0.15) is 5.60 Å². The number of carbonyl (C=O) groups excluding carboxylic acids is 1. The lowest BCUT2D eigenvalue weighted by Crippen LogP contribution is -2.66. The van der Waals surface area contributed by atoms with Crippen LogP contribution in [0.15, 0.2) is 6.20 Å². The van der Waals surface area contributed by atoms with Crippen molar-refractivity contribution in [2.75, 3.05) is 19.6 Å². The number of H-pyrrole nitrogens is 1. The molecule has 0 aliphatic carbocycles. The number of carbonyl (C=O) groups is 2. The minimum atomic E-state index is -1.03. The van der Waals surface area contributed by atoms with Gasteiger partial charge in [0.05, 0.1) is 17.5 Å². The van der Waals surface area contributed by atoms with Gasteiger partial charge in [-0.15, -0.1) is 0 Å². The molecule has 0 radical (unpaired) electrons. The molecule has 2 unspecified atom stereocenters. The number of aliphatic hydroxyl groups is 1. The largest absolute Gasteiger partial charge is 0.478 e. The standard InChI is InChI=1S/C18H27N3O4/c1-12-10-20-13(15(12)16(23)24)9-14(22)21-8-4-3-5-17(21,2)18(25)6-7-19-11-18/h10,19-20,25H,3-9,11H2,1-2H3,(H,23,24). The SMILES string of the molecule is Cc1c[nH]c(CC(=O)N2CCCCC2(C)C2(O)CCNC2)c1C(=O)O. The van der Waals surface area contributed by atoms with Crippen LogP contribution in [0.4, 0.5) is 0 Å². The Hall–Kier alpha value is -1.86. The number of aromatic nitrogens is 1. The van der Waals surface area contributed by atoms with Crippen molar-refractivity contribution in [3.8, 4) is 0 Å². The first-order chi connectivity index (χ1) is 11.8. The maximum absolute atomic E-state index is 13.0. The van der Waals surface area contributed by atoms with E-state index in [4.69, 9.17) is 0 Å². The Balaban J connectivity index is 1.86. The molecule has 25 heavy (non-hydrogen) atoms. The summed E-state index contributed by atoms with van der Waals surface area (Å²) in [7, 11) is 0. The lowest BCUT2D eigenvalue weighted by Gasteiger charge is -2.52. The maximum Gasteiger partial charge on any atom is 0.337 e. The van der Waals surface area contributed by atoms with E-state index < -0.39 is 17.1 Å². The van der Waals surface area contributed by atoms with Gasteiger partial charge < -0.3 is 25.4 Å². The number of likely N-dealkylation sites (tertiary alicyclic amines) is 1. The van der Waals surface area contributed by atoms with E-state index in [-0.39, 0.29) is 17.9 Å². The van der Waals surface area contributed by atoms with E-state index in [0.717, 1.165) is 25.8 Å². The van der Waals surface area contributed by atoms with Crippen molar-refractivity contribution >= 4 is 11.9 Å². The molecule has 2 aliphatic rings. The van der Waals surface area contributed by atoms with Crippen LogP contribution in [0.1, 0.15) is 54.2 Å². The first-order valence-electron chi connectivity index (χ1n) is 8.92. The van der Waals surface area contributed by atoms with Crippen molar-refractivity contribution < 1.29 is 19.8 Å². The molecule has 2 saturated heterocycles. The highest BCUT2D eigenvalue weighted by Crippen LogP contribution is 2.40. The van der Waals surface area contributed by atoms with Gasteiger partial charge in [0, 0.05) is 25.0 Å². The number of piperidine rings is 1. The highest BCUT2D eigenvalue weighted by atomic mass is 16.4. The molecular weight excluding hydrogens is 322 g/mol. The third-order valence-electron chi connectivity index (χ3n) is 6.03. The lowest BCUT2D eigenvalue weighted by molar-refractivity contribution is -0.156. The number of carboxylic acid groups (broad SMARTS) is 1. The third-order valence-corrected chi connectivity index (χ3v) is 6.03. The molecule has 2 aliphatic heterocycles. The second kappa shape index (κ2) is 6.46. The molecule has 7 heteroatoms. The highest BCUT2D eigenvalue weighted by molar-refractivity contribution is 5.93. The van der Waals surface area contributed by atoms with Gasteiger partial charge in [0.25, 0.3) is 0 Å². The molecule has 2 fully saturated rings. The minimum absolute atomic E-state index is 0.00850. The average Bonchev–Trinajstić information content (AvgIpc) is 3.15. The molecule has 3 rings (SSSR count). The normalized spacial score (nSPS) is 29.8. The first kappa shape index (κ1) is 17.9. The van der Waals surface area contributed by atoms with Gasteiger partial charge >= 0.3 is 5.97 Å². The summed E-state index contributed by atoms with van der Waals surface area (Å²) in [4.78, 5) is 29.2. The molecule has 1 aromatic heterocycles. The number of hydrogen-bond acceptors (Lipinski definition) is 4. The molecule has 138 valence electrons. The Labute approximate surface area is 147 Å². The summed E-state index contributed by atoms with van der Waals surface area (Å²) in [5, 5.41) is 23.7. The van der Waals surface area contributed by atoms with Crippen molar-refractivity contribution in [1.82, 2.24) is 15.2 Å². The molecule has 0 spiro atoms. The Kier molecular flexibility index (Phi) is 4.64. The molecule has 0 aromatic carbocycles. The van der Waals surface area contributed by atoms with Crippen molar-refractivity contribution in [3.05, 3.63) is 23.0 Å². The second-order valence-electron chi connectivity index (χ2n) is 7.54. The van der Waals surface area contributed by atoms with E-state index in [9.17, 15) is 19.8 Å². The summed E-state index contributed by atoms with van der Waals surface area (Å²) in [6, 6.07) is 0. The van der Waals surface area contributed by atoms with Crippen LogP contribution in [-0.4, -0.2) is 62.7 Å². The summed E-state index contributed by atoms with van der Waals surface area (Å²) in [6.07, 6.45) is 4.89. The number of nitrogens with one attached hydrogen (secondary N) is 2. The van der Waals surface area contributed by atoms with Crippen molar-refractivity contribution in [2.24, 2.45) is 0 Å². The Bertz CT molecular complexity index is 678. The molecule has 3 heterocycles. The van der Waals surface area contributed by atoms with Crippen molar-refractivity contribution in [3.63, 3.8) is 0 Å². The topological polar surface area (TPSA) is 106 Å². The molecule has 0 saturated carbocycles. The fraction of sp³-hybridized carbons (Fsp3) is 0.667. The number of aromatic amines is 1. The van der Waals surface area contributed by atoms with E-state index in [1.165, 1.54) is 0 Å². The van der Waals surface area contributed by atoms with E-state index in [1.807, 2.05) is 6.92 Å². The van der Waals surface area contributed by atoms with Crippen LogP contribution in [0.2, 0.25) is 0 Å². The zero-order chi connectivity index (χ0) is 18.2. The monoisotopic (exact) mass is 349 g/mol. The fourth-order valence-electron chi connectivity index (χ4n) is 4.40. The van der Waals surface area contributed by atoms with Crippen LogP contribution < -0.4 is 5.32 Å². The van der Waals surface area contributed by atoms with Gasteiger partial charge in [-0.2, -0.15) is 0 Å². The third kappa shape index (κ3) is 2.95. The Morgan fingerprint density at radius 1 is 1.32 bits per heavy atom. The first-order valence-corrected chi connectivity index (χ1v) is 8.92. The zero-order valence-electron chi connectivity index (χ0n) is 14.9. The summed E-state index contributed by atoms with van der Waals surface area (Å²) in [6.45, 7) is 5.50. The number of carboxylic acids is 1. The molecule has 1 aromatic rings. The van der Waals surface area contributed by atoms with Gasteiger partial charge in [0.15, 0.2) is 0 Å². The van der Waals surface area contributed by atoms with Crippen LogP contribution in [-0.2, 0) is 11.2 Å². The van der Waals surface area contributed by atoms with Crippen LogP contribution >= 0.6 is 0 Å². The minimum Gasteiger partial charge on any atom is -0.478 e. The zero-order valence-corrected chi connectivity index (χ0v) is 14.9. The number of amides is 1. The van der Waals surface area contributed by atoms with Crippen molar-refractivity contribution in [2.45, 2.75) is 57.1 Å². The van der Waals surface area contributed by atoms with Gasteiger partial charge in [-0.3, -0.25) is 4.79 Å². The van der Waals surface area contributed by atoms with E-state index >= 15 is 0 Å². The van der Waals surface area contributed by atoms with Gasteiger partial charge in [-0.05, 0) is 51.6 Å². The summed E-state index contributed by atoms with van der Waals surface area (Å²) in [5.74, 6) is -1.16. The van der Waals surface area contributed by atoms with E-state index in [0.29, 0.717) is 30.8 Å². The molecule has 2 atom stereocenters.